The fourth-order valence-electron chi connectivity index (χ4n) is 2.33. The number of amides is 1. The molecule has 18 heavy (non-hydrogen) atoms. The van der Waals surface area contributed by atoms with Crippen LogP contribution in [0, 0.1) is 12.8 Å². The summed E-state index contributed by atoms with van der Waals surface area (Å²) in [6.07, 6.45) is 2.31. The normalized spacial score (nSPS) is 18.4. The van der Waals surface area contributed by atoms with Crippen LogP contribution in [0.3, 0.4) is 0 Å². The number of nitrogens with zero attached hydrogens (tertiary/aromatic N) is 2. The molecule has 0 bridgehead atoms. The molecule has 1 heterocycles. The van der Waals surface area contributed by atoms with E-state index in [1.54, 1.807) is 4.68 Å². The second-order valence-corrected chi connectivity index (χ2v) is 5.34. The summed E-state index contributed by atoms with van der Waals surface area (Å²) >= 11 is 0. The summed E-state index contributed by atoms with van der Waals surface area (Å²) in [5, 5.41) is 7.38. The van der Waals surface area contributed by atoms with Gasteiger partial charge in [-0.1, -0.05) is 0 Å². The van der Waals surface area contributed by atoms with Crippen molar-refractivity contribution in [3.8, 4) is 0 Å². The molecular weight excluding hydrogens is 228 g/mol. The van der Waals surface area contributed by atoms with E-state index >= 15 is 0 Å². The molecule has 1 amide bonds. The maximum Gasteiger partial charge on any atom is 0.270 e. The van der Waals surface area contributed by atoms with Gasteiger partial charge in [-0.2, -0.15) is 5.10 Å². The number of aryl methyl sites for hydroxylation is 2. The van der Waals surface area contributed by atoms with E-state index in [-0.39, 0.29) is 11.4 Å². The van der Waals surface area contributed by atoms with Gasteiger partial charge in [-0.25, -0.2) is 0 Å². The molecule has 0 saturated heterocycles. The van der Waals surface area contributed by atoms with Gasteiger partial charge in [-0.3, -0.25) is 9.48 Å². The van der Waals surface area contributed by atoms with E-state index in [2.05, 4.69) is 10.4 Å². The van der Waals surface area contributed by atoms with Crippen LogP contribution in [0.25, 0.3) is 0 Å². The summed E-state index contributed by atoms with van der Waals surface area (Å²) < 4.78 is 1.73. The minimum absolute atomic E-state index is 0.0719. The van der Waals surface area contributed by atoms with Crippen LogP contribution < -0.4 is 11.1 Å². The van der Waals surface area contributed by atoms with Gasteiger partial charge in [0.25, 0.3) is 5.91 Å². The van der Waals surface area contributed by atoms with Gasteiger partial charge in [0.05, 0.1) is 11.2 Å². The average molecular weight is 250 g/mol. The zero-order chi connectivity index (χ0) is 13.3. The number of nitrogens with one attached hydrogen (secondary N) is 1. The van der Waals surface area contributed by atoms with E-state index in [1.165, 1.54) is 0 Å². The summed E-state index contributed by atoms with van der Waals surface area (Å²) in [6.45, 7) is 7.07. The minimum atomic E-state index is -0.284. The molecule has 0 aliphatic heterocycles. The van der Waals surface area contributed by atoms with Crippen molar-refractivity contribution in [2.75, 3.05) is 6.54 Å². The molecule has 1 unspecified atom stereocenters. The molecular formula is C13H22N4O. The molecule has 2 rings (SSSR count). The Hall–Kier alpha value is -1.36. The van der Waals surface area contributed by atoms with Crippen LogP contribution in [-0.4, -0.2) is 27.8 Å². The molecule has 1 aliphatic carbocycles. The molecule has 100 valence electrons. The number of hydrogen-bond donors (Lipinski definition) is 2. The van der Waals surface area contributed by atoms with Crippen LogP contribution >= 0.6 is 0 Å². The van der Waals surface area contributed by atoms with Crippen molar-refractivity contribution in [3.05, 3.63) is 17.5 Å². The van der Waals surface area contributed by atoms with Crippen LogP contribution in [0.1, 0.15) is 42.9 Å². The summed E-state index contributed by atoms with van der Waals surface area (Å²) in [4.78, 5) is 12.3. The number of nitrogens with two attached hydrogens (primary N) is 1. The Bertz CT molecular complexity index is 450. The molecule has 0 radical (unpaired) electrons. The fraction of sp³-hybridized carbons (Fsp3) is 0.692. The first-order valence-electron chi connectivity index (χ1n) is 6.57. The Morgan fingerprint density at radius 2 is 2.33 bits per heavy atom. The third-order valence-corrected chi connectivity index (χ3v) is 3.74. The summed E-state index contributed by atoms with van der Waals surface area (Å²) in [7, 11) is 0. The Morgan fingerprint density at radius 1 is 1.67 bits per heavy atom. The predicted molar refractivity (Wildman–Crippen MR) is 70.3 cm³/mol. The fourth-order valence-corrected chi connectivity index (χ4v) is 2.33. The van der Waals surface area contributed by atoms with Gasteiger partial charge in [0.15, 0.2) is 0 Å². The topological polar surface area (TPSA) is 72.9 Å². The number of carbonyl (C=O) groups is 1. The van der Waals surface area contributed by atoms with E-state index in [9.17, 15) is 4.79 Å². The van der Waals surface area contributed by atoms with E-state index in [1.807, 2.05) is 26.8 Å². The number of hydrogen-bond acceptors (Lipinski definition) is 3. The molecule has 5 nitrogen and oxygen atoms in total. The standard InChI is InChI=1S/C13H22N4O/c1-4-17-11(7-9(2)16-17)12(18)15-13(3,8-14)10-5-6-10/h7,10H,4-6,8,14H2,1-3H3,(H,15,18). The van der Waals surface area contributed by atoms with Gasteiger partial charge in [0, 0.05) is 13.1 Å². The first kappa shape index (κ1) is 13.1. The smallest absolute Gasteiger partial charge is 0.270 e. The molecule has 0 spiro atoms. The first-order chi connectivity index (χ1) is 8.50. The Labute approximate surface area is 108 Å². The zero-order valence-corrected chi connectivity index (χ0v) is 11.4. The largest absolute Gasteiger partial charge is 0.344 e. The van der Waals surface area contributed by atoms with Gasteiger partial charge in [-0.05, 0) is 45.6 Å². The third kappa shape index (κ3) is 2.41. The second-order valence-electron chi connectivity index (χ2n) is 5.34. The molecule has 1 aliphatic rings. The maximum atomic E-state index is 12.3. The van der Waals surface area contributed by atoms with Crippen molar-refractivity contribution >= 4 is 5.91 Å². The molecule has 1 atom stereocenters. The molecule has 0 aromatic carbocycles. The van der Waals surface area contributed by atoms with E-state index < -0.39 is 0 Å². The van der Waals surface area contributed by atoms with Gasteiger partial charge in [-0.15, -0.1) is 0 Å². The quantitative estimate of drug-likeness (QED) is 0.821. The highest BCUT2D eigenvalue weighted by molar-refractivity contribution is 5.93. The minimum Gasteiger partial charge on any atom is -0.344 e. The second kappa shape index (κ2) is 4.72. The summed E-state index contributed by atoms with van der Waals surface area (Å²) in [5.41, 5.74) is 7.01. The Kier molecular flexibility index (Phi) is 3.43. The van der Waals surface area contributed by atoms with Crippen LogP contribution in [0.4, 0.5) is 0 Å². The first-order valence-corrected chi connectivity index (χ1v) is 6.57. The number of rotatable bonds is 5. The van der Waals surface area contributed by atoms with Gasteiger partial charge in [0.1, 0.15) is 5.69 Å². The molecule has 1 fully saturated rings. The highest BCUT2D eigenvalue weighted by Crippen LogP contribution is 2.39. The highest BCUT2D eigenvalue weighted by Gasteiger charge is 2.41. The lowest BCUT2D eigenvalue weighted by Gasteiger charge is -2.29. The summed E-state index contributed by atoms with van der Waals surface area (Å²) in [5.74, 6) is 0.447. The molecule has 1 aromatic rings. The highest BCUT2D eigenvalue weighted by atomic mass is 16.2. The third-order valence-electron chi connectivity index (χ3n) is 3.74. The van der Waals surface area contributed by atoms with Crippen molar-refractivity contribution in [1.29, 1.82) is 0 Å². The van der Waals surface area contributed by atoms with Crippen LogP contribution in [0.5, 0.6) is 0 Å². The lowest BCUT2D eigenvalue weighted by Crippen LogP contribution is -2.53. The maximum absolute atomic E-state index is 12.3. The number of aromatic nitrogens is 2. The van der Waals surface area contributed by atoms with Crippen molar-refractivity contribution in [1.82, 2.24) is 15.1 Å². The van der Waals surface area contributed by atoms with Crippen LogP contribution in [0.2, 0.25) is 0 Å². The lowest BCUT2D eigenvalue weighted by molar-refractivity contribution is 0.0886. The van der Waals surface area contributed by atoms with Crippen molar-refractivity contribution in [3.63, 3.8) is 0 Å². The molecule has 1 aromatic heterocycles. The van der Waals surface area contributed by atoms with Crippen molar-refractivity contribution in [2.24, 2.45) is 11.7 Å². The molecule has 5 heteroatoms. The zero-order valence-electron chi connectivity index (χ0n) is 11.4. The van der Waals surface area contributed by atoms with Crippen molar-refractivity contribution in [2.45, 2.75) is 45.7 Å². The average Bonchev–Trinajstić information content (AvgIpc) is 3.12. The van der Waals surface area contributed by atoms with Crippen LogP contribution in [-0.2, 0) is 6.54 Å². The Morgan fingerprint density at radius 3 is 2.83 bits per heavy atom. The van der Waals surface area contributed by atoms with E-state index in [0.717, 1.165) is 18.5 Å². The van der Waals surface area contributed by atoms with Gasteiger partial charge < -0.3 is 11.1 Å². The number of carbonyl (C=O) groups excluding carboxylic acids is 1. The SMILES string of the molecule is CCn1nc(C)cc1C(=O)NC(C)(CN)C1CC1. The van der Waals surface area contributed by atoms with Gasteiger partial charge >= 0.3 is 0 Å². The lowest BCUT2D eigenvalue weighted by atomic mass is 9.96. The molecule has 3 N–H and O–H groups in total. The van der Waals surface area contributed by atoms with Crippen molar-refractivity contribution < 1.29 is 4.79 Å². The monoisotopic (exact) mass is 250 g/mol. The van der Waals surface area contributed by atoms with Gasteiger partial charge in [0.2, 0.25) is 0 Å². The predicted octanol–water partition coefficient (Wildman–Crippen LogP) is 1.07. The van der Waals surface area contributed by atoms with Crippen LogP contribution in [0.15, 0.2) is 6.07 Å². The molecule has 1 saturated carbocycles. The Balaban J connectivity index is 2.15. The van der Waals surface area contributed by atoms with E-state index in [0.29, 0.717) is 24.7 Å². The van der Waals surface area contributed by atoms with E-state index in [4.69, 9.17) is 5.73 Å². The summed E-state index contributed by atoms with van der Waals surface area (Å²) in [6, 6.07) is 1.82.